The molecule has 1 amide bonds. The monoisotopic (exact) mass is 418 g/mol. The number of hydrogen-bond donors (Lipinski definition) is 0. The summed E-state index contributed by atoms with van der Waals surface area (Å²) >= 11 is 7.20. The van der Waals surface area contributed by atoms with Gasteiger partial charge in [-0.2, -0.15) is 4.99 Å². The summed E-state index contributed by atoms with van der Waals surface area (Å²) in [5.41, 5.74) is -0.586. The number of nitro groups is 2. The van der Waals surface area contributed by atoms with Gasteiger partial charge in [-0.1, -0.05) is 29.0 Å². The molecule has 3 aromatic rings. The molecule has 0 spiro atoms. The van der Waals surface area contributed by atoms with Crippen molar-refractivity contribution in [1.29, 1.82) is 0 Å². The lowest BCUT2D eigenvalue weighted by molar-refractivity contribution is -0.394. The molecule has 11 heteroatoms. The van der Waals surface area contributed by atoms with Gasteiger partial charge in [0.15, 0.2) is 4.80 Å². The van der Waals surface area contributed by atoms with Gasteiger partial charge in [-0.05, 0) is 18.2 Å². The second-order valence-electron chi connectivity index (χ2n) is 5.57. The van der Waals surface area contributed by atoms with Gasteiger partial charge >= 0.3 is 0 Å². The summed E-state index contributed by atoms with van der Waals surface area (Å²) in [6.45, 7) is 4.05. The van der Waals surface area contributed by atoms with Crippen LogP contribution in [-0.2, 0) is 6.54 Å². The molecule has 0 saturated carbocycles. The molecule has 0 aliphatic carbocycles. The van der Waals surface area contributed by atoms with Crippen LogP contribution in [0, 0.1) is 20.2 Å². The fourth-order valence-corrected chi connectivity index (χ4v) is 3.83. The smallest absolute Gasteiger partial charge is 0.280 e. The zero-order valence-corrected chi connectivity index (χ0v) is 15.6. The van der Waals surface area contributed by atoms with Crippen molar-refractivity contribution in [1.82, 2.24) is 4.57 Å². The molecule has 0 bridgehead atoms. The third-order valence-electron chi connectivity index (χ3n) is 3.72. The van der Waals surface area contributed by atoms with Crippen LogP contribution in [0.25, 0.3) is 10.2 Å². The summed E-state index contributed by atoms with van der Waals surface area (Å²) in [5, 5.41) is 22.5. The van der Waals surface area contributed by atoms with Crippen molar-refractivity contribution in [3.8, 4) is 0 Å². The fraction of sp³-hybridized carbons (Fsp3) is 0.0588. The number of nitro benzene ring substituents is 2. The van der Waals surface area contributed by atoms with Crippen molar-refractivity contribution in [3.63, 3.8) is 0 Å². The Bertz CT molecular complexity index is 1180. The molecule has 28 heavy (non-hydrogen) atoms. The number of hydrogen-bond acceptors (Lipinski definition) is 6. The number of allylic oxidation sites excluding steroid dienone is 1. The van der Waals surface area contributed by atoms with Crippen LogP contribution in [0.1, 0.15) is 10.4 Å². The first-order valence-corrected chi connectivity index (χ1v) is 8.92. The summed E-state index contributed by atoms with van der Waals surface area (Å²) in [7, 11) is 0. The van der Waals surface area contributed by atoms with Crippen LogP contribution in [0.2, 0.25) is 5.02 Å². The minimum Gasteiger partial charge on any atom is -0.312 e. The molecule has 142 valence electrons. The number of amides is 1. The van der Waals surface area contributed by atoms with Gasteiger partial charge in [0.2, 0.25) is 0 Å². The van der Waals surface area contributed by atoms with Gasteiger partial charge in [-0.15, -0.1) is 6.58 Å². The minimum absolute atomic E-state index is 0.249. The maximum absolute atomic E-state index is 12.6. The Morgan fingerprint density at radius 2 is 1.82 bits per heavy atom. The van der Waals surface area contributed by atoms with Gasteiger partial charge in [0.05, 0.1) is 31.7 Å². The highest BCUT2D eigenvalue weighted by molar-refractivity contribution is 7.16. The van der Waals surface area contributed by atoms with Crippen molar-refractivity contribution in [2.75, 3.05) is 0 Å². The first-order chi connectivity index (χ1) is 13.3. The molecule has 0 aliphatic rings. The zero-order valence-electron chi connectivity index (χ0n) is 14.1. The fourth-order valence-electron chi connectivity index (χ4n) is 2.52. The van der Waals surface area contributed by atoms with Crippen molar-refractivity contribution in [3.05, 3.63) is 84.7 Å². The number of fused-ring (bicyclic) bond motifs is 1. The number of carbonyl (C=O) groups excluding carboxylic acids is 1. The molecule has 2 aromatic carbocycles. The first-order valence-electron chi connectivity index (χ1n) is 7.73. The number of nitrogens with zero attached hydrogens (tertiary/aromatic N) is 4. The number of halogens is 1. The van der Waals surface area contributed by atoms with E-state index in [4.69, 9.17) is 11.6 Å². The molecule has 3 rings (SSSR count). The Morgan fingerprint density at radius 1 is 1.18 bits per heavy atom. The van der Waals surface area contributed by atoms with Crippen LogP contribution in [0.5, 0.6) is 0 Å². The number of benzene rings is 2. The Labute approximate surface area is 166 Å². The van der Waals surface area contributed by atoms with E-state index < -0.39 is 27.1 Å². The van der Waals surface area contributed by atoms with Gasteiger partial charge in [0.1, 0.15) is 0 Å². The van der Waals surface area contributed by atoms with E-state index in [0.29, 0.717) is 16.4 Å². The molecule has 0 N–H and O–H groups in total. The summed E-state index contributed by atoms with van der Waals surface area (Å²) in [5.74, 6) is -0.831. The van der Waals surface area contributed by atoms with E-state index in [2.05, 4.69) is 11.6 Å². The predicted molar refractivity (Wildman–Crippen MR) is 105 cm³/mol. The van der Waals surface area contributed by atoms with Gasteiger partial charge in [0.25, 0.3) is 17.3 Å². The second-order valence-corrected chi connectivity index (χ2v) is 7.01. The van der Waals surface area contributed by atoms with Gasteiger partial charge in [-0.25, -0.2) is 0 Å². The third kappa shape index (κ3) is 3.82. The van der Waals surface area contributed by atoms with E-state index in [1.807, 2.05) is 0 Å². The number of non-ortho nitro benzene ring substituents is 2. The molecule has 0 unspecified atom stereocenters. The first kappa shape index (κ1) is 19.4. The minimum atomic E-state index is -0.831. The molecule has 1 heterocycles. The van der Waals surface area contributed by atoms with Crippen molar-refractivity contribution < 1.29 is 14.6 Å². The van der Waals surface area contributed by atoms with E-state index >= 15 is 0 Å². The molecule has 0 atom stereocenters. The highest BCUT2D eigenvalue weighted by Gasteiger charge is 2.20. The van der Waals surface area contributed by atoms with Crippen LogP contribution in [-0.4, -0.2) is 20.3 Å². The molecule has 9 nitrogen and oxygen atoms in total. The molecular weight excluding hydrogens is 408 g/mol. The Kier molecular flexibility index (Phi) is 5.34. The average molecular weight is 419 g/mol. The van der Waals surface area contributed by atoms with Gasteiger partial charge in [0, 0.05) is 23.7 Å². The molecule has 1 aromatic heterocycles. The quantitative estimate of drug-likeness (QED) is 0.351. The number of aromatic nitrogens is 1. The van der Waals surface area contributed by atoms with Crippen molar-refractivity contribution >= 4 is 50.4 Å². The van der Waals surface area contributed by atoms with Crippen LogP contribution in [0.15, 0.2) is 54.0 Å². The molecule has 0 radical (unpaired) electrons. The van der Waals surface area contributed by atoms with E-state index in [0.717, 1.165) is 28.4 Å². The lowest BCUT2D eigenvalue weighted by atomic mass is 10.1. The van der Waals surface area contributed by atoms with E-state index in [9.17, 15) is 25.0 Å². The van der Waals surface area contributed by atoms with Crippen LogP contribution in [0.3, 0.4) is 0 Å². The lowest BCUT2D eigenvalue weighted by Crippen LogP contribution is -2.16. The summed E-state index contributed by atoms with van der Waals surface area (Å²) in [6, 6.07) is 7.91. The van der Waals surface area contributed by atoms with Crippen LogP contribution in [0.4, 0.5) is 11.4 Å². The van der Waals surface area contributed by atoms with E-state index in [1.54, 1.807) is 28.8 Å². The second kappa shape index (κ2) is 7.71. The van der Waals surface area contributed by atoms with Crippen molar-refractivity contribution in [2.45, 2.75) is 6.54 Å². The maximum atomic E-state index is 12.6. The Hall–Kier alpha value is -3.37. The molecular formula is C17H11ClN4O5S. The molecule has 0 saturated heterocycles. The number of thiazole rings is 1. The number of rotatable bonds is 5. The largest absolute Gasteiger partial charge is 0.312 e. The predicted octanol–water partition coefficient (Wildman–Crippen LogP) is 4.10. The topological polar surface area (TPSA) is 121 Å². The van der Waals surface area contributed by atoms with Crippen molar-refractivity contribution in [2.24, 2.45) is 4.99 Å². The Balaban J connectivity index is 2.17. The van der Waals surface area contributed by atoms with Crippen LogP contribution >= 0.6 is 22.9 Å². The SMILES string of the molecule is C=CCn1c(=NC(=O)c2cc([N+](=O)[O-])cc([N+](=O)[O-])c2)sc2cc(Cl)ccc21. The zero-order chi connectivity index (χ0) is 20.4. The normalized spacial score (nSPS) is 11.5. The van der Waals surface area contributed by atoms with Gasteiger partial charge < -0.3 is 4.57 Å². The summed E-state index contributed by atoms with van der Waals surface area (Å²) in [4.78, 5) is 37.4. The summed E-state index contributed by atoms with van der Waals surface area (Å²) in [6.07, 6.45) is 1.63. The number of carbonyl (C=O) groups is 1. The highest BCUT2D eigenvalue weighted by Crippen LogP contribution is 2.24. The molecule has 0 fully saturated rings. The lowest BCUT2D eigenvalue weighted by Gasteiger charge is -2.01. The maximum Gasteiger partial charge on any atom is 0.280 e. The van der Waals surface area contributed by atoms with E-state index in [1.165, 1.54) is 11.3 Å². The standard InChI is InChI=1S/C17H11ClN4O5S/c1-2-5-20-14-4-3-11(18)8-15(14)28-17(20)19-16(23)10-6-12(21(24)25)9-13(7-10)22(26)27/h2-4,6-9H,1,5H2. The molecule has 0 aliphatic heterocycles. The summed E-state index contributed by atoms with van der Waals surface area (Å²) < 4.78 is 2.51. The Morgan fingerprint density at radius 3 is 2.39 bits per heavy atom. The van der Waals surface area contributed by atoms with Gasteiger partial charge in [-0.3, -0.25) is 25.0 Å². The average Bonchev–Trinajstić information content (AvgIpc) is 2.97. The van der Waals surface area contributed by atoms with Crippen LogP contribution < -0.4 is 4.80 Å². The third-order valence-corrected chi connectivity index (χ3v) is 5.00. The van der Waals surface area contributed by atoms with E-state index in [-0.39, 0.29) is 5.56 Å². The highest BCUT2D eigenvalue weighted by atomic mass is 35.5.